The van der Waals surface area contributed by atoms with Gasteiger partial charge in [0.25, 0.3) is 0 Å². The van der Waals surface area contributed by atoms with E-state index < -0.39 is 0 Å². The first-order valence-corrected chi connectivity index (χ1v) is 7.38. The van der Waals surface area contributed by atoms with E-state index in [0.29, 0.717) is 6.54 Å². The van der Waals surface area contributed by atoms with Crippen LogP contribution in [0.15, 0.2) is 0 Å². The lowest BCUT2D eigenvalue weighted by molar-refractivity contribution is -0.130. The Hall–Kier alpha value is -1.36. The second-order valence-electron chi connectivity index (χ2n) is 6.50. The number of amides is 1. The Labute approximate surface area is 121 Å². The SMILES string of the molecule is CCN(C)C(=O)Cn1c(C(C)(C)C)nc2c1CCNC2. The molecule has 1 amide bonds. The van der Waals surface area contributed by atoms with E-state index in [9.17, 15) is 4.79 Å². The Morgan fingerprint density at radius 2 is 2.15 bits per heavy atom. The smallest absolute Gasteiger partial charge is 0.242 e. The number of carbonyl (C=O) groups excluding carboxylic acids is 1. The van der Waals surface area contributed by atoms with Crippen molar-refractivity contribution >= 4 is 5.91 Å². The van der Waals surface area contributed by atoms with Gasteiger partial charge in [-0.15, -0.1) is 0 Å². The third-order valence-electron chi connectivity index (χ3n) is 3.85. The predicted octanol–water partition coefficient (Wildman–Crippen LogP) is 1.30. The van der Waals surface area contributed by atoms with Gasteiger partial charge in [0.05, 0.1) is 5.69 Å². The average molecular weight is 278 g/mol. The largest absolute Gasteiger partial charge is 0.344 e. The molecule has 0 saturated carbocycles. The van der Waals surface area contributed by atoms with Crippen molar-refractivity contribution in [2.75, 3.05) is 20.1 Å². The van der Waals surface area contributed by atoms with Gasteiger partial charge in [-0.1, -0.05) is 20.8 Å². The van der Waals surface area contributed by atoms with Crippen LogP contribution in [0.1, 0.15) is 44.9 Å². The fourth-order valence-corrected chi connectivity index (χ4v) is 2.55. The van der Waals surface area contributed by atoms with E-state index in [0.717, 1.165) is 37.6 Å². The molecule has 0 unspecified atom stereocenters. The Bertz CT molecular complexity index is 499. The summed E-state index contributed by atoms with van der Waals surface area (Å²) in [5.74, 6) is 1.17. The molecule has 1 aliphatic heterocycles. The van der Waals surface area contributed by atoms with Crippen molar-refractivity contribution in [1.82, 2.24) is 19.8 Å². The van der Waals surface area contributed by atoms with E-state index >= 15 is 0 Å². The van der Waals surface area contributed by atoms with E-state index in [-0.39, 0.29) is 11.3 Å². The molecule has 0 radical (unpaired) electrons. The summed E-state index contributed by atoms with van der Waals surface area (Å²) in [5.41, 5.74) is 2.28. The van der Waals surface area contributed by atoms with Gasteiger partial charge in [0, 0.05) is 44.2 Å². The predicted molar refractivity (Wildman–Crippen MR) is 79.6 cm³/mol. The van der Waals surface area contributed by atoms with Gasteiger partial charge in [-0.2, -0.15) is 0 Å². The second kappa shape index (κ2) is 5.56. The van der Waals surface area contributed by atoms with Crippen molar-refractivity contribution < 1.29 is 4.79 Å². The molecule has 2 heterocycles. The van der Waals surface area contributed by atoms with Crippen molar-refractivity contribution in [3.8, 4) is 0 Å². The van der Waals surface area contributed by atoms with Gasteiger partial charge in [-0.3, -0.25) is 4.79 Å². The molecule has 112 valence electrons. The summed E-state index contributed by atoms with van der Waals surface area (Å²) in [6, 6.07) is 0. The fourth-order valence-electron chi connectivity index (χ4n) is 2.55. The Balaban J connectivity index is 2.39. The minimum absolute atomic E-state index is 0.0532. The average Bonchev–Trinajstić information content (AvgIpc) is 2.77. The Morgan fingerprint density at radius 3 is 2.75 bits per heavy atom. The van der Waals surface area contributed by atoms with Crippen LogP contribution < -0.4 is 5.32 Å². The Kier molecular flexibility index (Phi) is 4.18. The van der Waals surface area contributed by atoms with Crippen LogP contribution in [0, 0.1) is 0 Å². The van der Waals surface area contributed by atoms with Crippen LogP contribution in [-0.4, -0.2) is 40.5 Å². The number of hydrogen-bond donors (Lipinski definition) is 1. The van der Waals surface area contributed by atoms with Crippen LogP contribution in [-0.2, 0) is 29.7 Å². The van der Waals surface area contributed by atoms with E-state index in [4.69, 9.17) is 4.98 Å². The number of nitrogens with zero attached hydrogens (tertiary/aromatic N) is 3. The van der Waals surface area contributed by atoms with Gasteiger partial charge in [0.15, 0.2) is 0 Å². The summed E-state index contributed by atoms with van der Waals surface area (Å²) < 4.78 is 2.14. The number of carbonyl (C=O) groups is 1. The summed E-state index contributed by atoms with van der Waals surface area (Å²) in [6.07, 6.45) is 0.946. The second-order valence-corrected chi connectivity index (χ2v) is 6.50. The number of hydrogen-bond acceptors (Lipinski definition) is 3. The molecule has 0 fully saturated rings. The standard InChI is InChI=1S/C15H26N4O/c1-6-18(5)13(20)10-19-12-7-8-16-9-11(12)17-14(19)15(2,3)4/h16H,6-10H2,1-5H3. The zero-order valence-electron chi connectivity index (χ0n) is 13.3. The number of aromatic nitrogens is 2. The first-order valence-electron chi connectivity index (χ1n) is 7.38. The zero-order valence-corrected chi connectivity index (χ0v) is 13.3. The number of fused-ring (bicyclic) bond motifs is 1. The Morgan fingerprint density at radius 1 is 1.45 bits per heavy atom. The van der Waals surface area contributed by atoms with Crippen LogP contribution in [0.4, 0.5) is 0 Å². The monoisotopic (exact) mass is 278 g/mol. The quantitative estimate of drug-likeness (QED) is 0.907. The van der Waals surface area contributed by atoms with Crippen molar-refractivity contribution in [3.63, 3.8) is 0 Å². The molecule has 0 atom stereocenters. The molecule has 1 aromatic heterocycles. The summed E-state index contributed by atoms with van der Waals surface area (Å²) >= 11 is 0. The van der Waals surface area contributed by atoms with Crippen molar-refractivity contribution in [1.29, 1.82) is 0 Å². The number of rotatable bonds is 3. The van der Waals surface area contributed by atoms with Crippen LogP contribution in [0.5, 0.6) is 0 Å². The minimum Gasteiger partial charge on any atom is -0.344 e. The maximum atomic E-state index is 12.3. The molecule has 1 aliphatic rings. The normalized spacial score (nSPS) is 15.1. The van der Waals surface area contributed by atoms with Crippen LogP contribution in [0.2, 0.25) is 0 Å². The van der Waals surface area contributed by atoms with Crippen LogP contribution >= 0.6 is 0 Å². The highest BCUT2D eigenvalue weighted by atomic mass is 16.2. The molecule has 1 N–H and O–H groups in total. The van der Waals surface area contributed by atoms with E-state index in [1.165, 1.54) is 5.69 Å². The highest BCUT2D eigenvalue weighted by Gasteiger charge is 2.28. The summed E-state index contributed by atoms with van der Waals surface area (Å²) in [5, 5.41) is 3.35. The lowest BCUT2D eigenvalue weighted by atomic mass is 9.95. The van der Waals surface area contributed by atoms with Gasteiger partial charge in [-0.25, -0.2) is 4.98 Å². The van der Waals surface area contributed by atoms with Crippen LogP contribution in [0.25, 0.3) is 0 Å². The van der Waals surface area contributed by atoms with E-state index in [1.54, 1.807) is 4.90 Å². The molecule has 0 bridgehead atoms. The lowest BCUT2D eigenvalue weighted by Gasteiger charge is -2.23. The van der Waals surface area contributed by atoms with Crippen molar-refractivity contribution in [2.45, 2.75) is 52.6 Å². The number of nitrogens with one attached hydrogen (secondary N) is 1. The van der Waals surface area contributed by atoms with Gasteiger partial charge in [0.2, 0.25) is 5.91 Å². The lowest BCUT2D eigenvalue weighted by Crippen LogP contribution is -2.33. The number of imidazole rings is 1. The topological polar surface area (TPSA) is 50.2 Å². The number of likely N-dealkylation sites (N-methyl/N-ethyl adjacent to an activating group) is 1. The molecular weight excluding hydrogens is 252 g/mol. The zero-order chi connectivity index (χ0) is 14.9. The molecule has 0 spiro atoms. The van der Waals surface area contributed by atoms with Crippen molar-refractivity contribution in [3.05, 3.63) is 17.2 Å². The highest BCUT2D eigenvalue weighted by molar-refractivity contribution is 5.75. The third kappa shape index (κ3) is 2.87. The summed E-state index contributed by atoms with van der Waals surface area (Å²) in [6.45, 7) is 11.4. The van der Waals surface area contributed by atoms with Gasteiger partial charge in [0.1, 0.15) is 12.4 Å². The fraction of sp³-hybridized carbons (Fsp3) is 0.733. The molecule has 2 rings (SSSR count). The van der Waals surface area contributed by atoms with Gasteiger partial charge in [-0.05, 0) is 6.92 Å². The van der Waals surface area contributed by atoms with Crippen LogP contribution in [0.3, 0.4) is 0 Å². The van der Waals surface area contributed by atoms with Crippen molar-refractivity contribution in [2.24, 2.45) is 0 Å². The highest BCUT2D eigenvalue weighted by Crippen LogP contribution is 2.26. The summed E-state index contributed by atoms with van der Waals surface area (Å²) in [7, 11) is 1.85. The first-order chi connectivity index (χ1) is 9.34. The maximum absolute atomic E-state index is 12.3. The molecule has 5 heteroatoms. The minimum atomic E-state index is -0.0532. The van der Waals surface area contributed by atoms with E-state index in [2.05, 4.69) is 30.7 Å². The maximum Gasteiger partial charge on any atom is 0.242 e. The molecule has 1 aromatic rings. The third-order valence-corrected chi connectivity index (χ3v) is 3.85. The molecular formula is C15H26N4O. The molecule has 0 saturated heterocycles. The molecule has 20 heavy (non-hydrogen) atoms. The molecule has 0 aromatic carbocycles. The summed E-state index contributed by atoms with van der Waals surface area (Å²) in [4.78, 5) is 18.8. The van der Waals surface area contributed by atoms with E-state index in [1.807, 2.05) is 14.0 Å². The van der Waals surface area contributed by atoms with Gasteiger partial charge >= 0.3 is 0 Å². The first kappa shape index (κ1) is 15.0. The van der Waals surface area contributed by atoms with Gasteiger partial charge < -0.3 is 14.8 Å². The molecule has 0 aliphatic carbocycles. The molecule has 5 nitrogen and oxygen atoms in total.